The summed E-state index contributed by atoms with van der Waals surface area (Å²) < 4.78 is 14.5. The Bertz CT molecular complexity index is 916. The number of nitrogens with one attached hydrogen (secondary N) is 3. The minimum Gasteiger partial charge on any atom is -0.319 e. The lowest BCUT2D eigenvalue weighted by Crippen LogP contribution is -2.20. The van der Waals surface area contributed by atoms with E-state index in [1.54, 1.807) is 6.07 Å². The summed E-state index contributed by atoms with van der Waals surface area (Å²) >= 11 is 1.45. The zero-order valence-corrected chi connectivity index (χ0v) is 15.8. The largest absolute Gasteiger partial charge is 0.319 e. The van der Waals surface area contributed by atoms with Crippen LogP contribution in [0.15, 0.2) is 42.5 Å². The zero-order chi connectivity index (χ0) is 18.6. The molecular weight excluding hydrogens is 361 g/mol. The molecule has 27 heavy (non-hydrogen) atoms. The first kappa shape index (κ1) is 18.1. The normalized spacial score (nSPS) is 17.2. The fraction of sp³-hybridized carbons (Fsp3) is 0.286. The van der Waals surface area contributed by atoms with Gasteiger partial charge in [-0.25, -0.2) is 4.39 Å². The van der Waals surface area contributed by atoms with Gasteiger partial charge in [0.15, 0.2) is 0 Å². The molecule has 4 nitrogen and oxygen atoms in total. The summed E-state index contributed by atoms with van der Waals surface area (Å²) in [6.45, 7) is 3.52. The second-order valence-electron chi connectivity index (χ2n) is 6.68. The second-order valence-corrected chi connectivity index (χ2v) is 7.76. The highest BCUT2D eigenvalue weighted by atomic mass is 32.1. The molecule has 140 valence electrons. The minimum atomic E-state index is -0.405. The molecule has 0 aliphatic carbocycles. The summed E-state index contributed by atoms with van der Waals surface area (Å²) in [4.78, 5) is 14.2. The molecule has 2 aliphatic rings. The van der Waals surface area contributed by atoms with Crippen LogP contribution in [0.3, 0.4) is 0 Å². The smallest absolute Gasteiger partial charge is 0.265 e. The van der Waals surface area contributed by atoms with E-state index in [4.69, 9.17) is 0 Å². The quantitative estimate of drug-likeness (QED) is 0.751. The summed E-state index contributed by atoms with van der Waals surface area (Å²) in [6.07, 6.45) is 6.08. The van der Waals surface area contributed by atoms with Gasteiger partial charge in [-0.1, -0.05) is 18.2 Å². The van der Waals surface area contributed by atoms with Crippen LogP contribution in [0.4, 0.5) is 10.1 Å². The highest BCUT2D eigenvalue weighted by molar-refractivity contribution is 7.15. The van der Waals surface area contributed by atoms with Gasteiger partial charge in [-0.3, -0.25) is 4.79 Å². The van der Waals surface area contributed by atoms with Gasteiger partial charge in [0.05, 0.1) is 10.6 Å². The molecule has 1 amide bonds. The van der Waals surface area contributed by atoms with Gasteiger partial charge < -0.3 is 16.0 Å². The summed E-state index contributed by atoms with van der Waals surface area (Å²) in [7, 11) is 0. The van der Waals surface area contributed by atoms with Gasteiger partial charge in [0.2, 0.25) is 0 Å². The fourth-order valence-electron chi connectivity index (χ4n) is 3.36. The lowest BCUT2D eigenvalue weighted by Gasteiger charge is -2.15. The van der Waals surface area contributed by atoms with Crippen molar-refractivity contribution in [3.8, 4) is 0 Å². The number of halogens is 1. The van der Waals surface area contributed by atoms with E-state index in [1.165, 1.54) is 23.0 Å². The van der Waals surface area contributed by atoms with Gasteiger partial charge in [0.25, 0.3) is 5.91 Å². The lowest BCUT2D eigenvalue weighted by atomic mass is 10.00. The number of carbonyl (C=O) groups is 1. The summed E-state index contributed by atoms with van der Waals surface area (Å²) in [5.74, 6) is -0.674. The van der Waals surface area contributed by atoms with Crippen molar-refractivity contribution < 1.29 is 9.18 Å². The summed E-state index contributed by atoms with van der Waals surface area (Å²) in [6, 6.07) is 8.81. The van der Waals surface area contributed by atoms with Crippen LogP contribution in [0.5, 0.6) is 0 Å². The third kappa shape index (κ3) is 4.18. The predicted octanol–water partition coefficient (Wildman–Crippen LogP) is 3.89. The Labute approximate surface area is 162 Å². The average Bonchev–Trinajstić information content (AvgIpc) is 3.21. The average molecular weight is 383 g/mol. The molecule has 0 saturated carbocycles. The van der Waals surface area contributed by atoms with Gasteiger partial charge in [0.1, 0.15) is 5.82 Å². The van der Waals surface area contributed by atoms with Crippen LogP contribution in [0, 0.1) is 5.82 Å². The topological polar surface area (TPSA) is 53.2 Å². The van der Waals surface area contributed by atoms with Crippen molar-refractivity contribution >= 4 is 34.1 Å². The van der Waals surface area contributed by atoms with E-state index >= 15 is 0 Å². The number of hydrogen-bond acceptors (Lipinski definition) is 4. The van der Waals surface area contributed by atoms with E-state index in [-0.39, 0.29) is 11.6 Å². The number of anilines is 1. The monoisotopic (exact) mass is 383 g/mol. The highest BCUT2D eigenvalue weighted by Crippen LogP contribution is 2.29. The van der Waals surface area contributed by atoms with Gasteiger partial charge in [0, 0.05) is 18.0 Å². The molecule has 3 heterocycles. The Morgan fingerprint density at radius 3 is 2.41 bits per heavy atom. The number of rotatable bonds is 4. The van der Waals surface area contributed by atoms with Crippen molar-refractivity contribution in [1.82, 2.24) is 10.6 Å². The van der Waals surface area contributed by atoms with Crippen LogP contribution in [-0.2, 0) is 0 Å². The van der Waals surface area contributed by atoms with Crippen molar-refractivity contribution in [3.63, 3.8) is 0 Å². The molecule has 2 aliphatic heterocycles. The fourth-order valence-corrected chi connectivity index (χ4v) is 4.33. The minimum absolute atomic E-state index is 0.217. The number of benzene rings is 1. The van der Waals surface area contributed by atoms with Crippen LogP contribution in [0.2, 0.25) is 0 Å². The molecule has 2 aromatic rings. The van der Waals surface area contributed by atoms with Crippen molar-refractivity contribution in [2.24, 2.45) is 0 Å². The molecule has 1 aromatic heterocycles. The molecule has 0 radical (unpaired) electrons. The number of thiophene rings is 1. The van der Waals surface area contributed by atoms with Crippen LogP contribution in [0.1, 0.15) is 33.0 Å². The Morgan fingerprint density at radius 2 is 1.74 bits per heavy atom. The van der Waals surface area contributed by atoms with Gasteiger partial charge in [-0.15, -0.1) is 11.3 Å². The molecule has 0 unspecified atom stereocenters. The van der Waals surface area contributed by atoms with E-state index in [1.807, 2.05) is 18.2 Å². The molecule has 4 rings (SSSR count). The van der Waals surface area contributed by atoms with E-state index in [2.05, 4.69) is 28.1 Å². The predicted molar refractivity (Wildman–Crippen MR) is 110 cm³/mol. The van der Waals surface area contributed by atoms with Gasteiger partial charge in [-0.2, -0.15) is 0 Å². The molecule has 1 aromatic carbocycles. The second kappa shape index (κ2) is 8.17. The van der Waals surface area contributed by atoms with E-state index in [9.17, 15) is 9.18 Å². The first-order valence-electron chi connectivity index (χ1n) is 9.22. The van der Waals surface area contributed by atoms with Crippen LogP contribution < -0.4 is 16.0 Å². The van der Waals surface area contributed by atoms with Crippen LogP contribution in [0.25, 0.3) is 11.1 Å². The van der Waals surface area contributed by atoms with Crippen LogP contribution in [-0.4, -0.2) is 32.1 Å². The van der Waals surface area contributed by atoms with E-state index < -0.39 is 5.82 Å². The highest BCUT2D eigenvalue weighted by Gasteiger charge is 2.15. The SMILES string of the molecule is O=C(Nc1ccc(C2=CCNCC2)cc1F)c1ccc(C2=CCNCC2)s1. The molecule has 0 bridgehead atoms. The summed E-state index contributed by atoms with van der Waals surface area (Å²) in [5.41, 5.74) is 3.50. The lowest BCUT2D eigenvalue weighted by molar-refractivity contribution is 0.103. The van der Waals surface area contributed by atoms with Crippen molar-refractivity contribution in [2.45, 2.75) is 12.8 Å². The van der Waals surface area contributed by atoms with Crippen molar-refractivity contribution in [1.29, 1.82) is 0 Å². The molecule has 0 atom stereocenters. The first-order valence-corrected chi connectivity index (χ1v) is 10.0. The molecule has 0 spiro atoms. The maximum Gasteiger partial charge on any atom is 0.265 e. The molecule has 0 saturated heterocycles. The third-order valence-corrected chi connectivity index (χ3v) is 6.02. The van der Waals surface area contributed by atoms with E-state index in [0.717, 1.165) is 55.0 Å². The van der Waals surface area contributed by atoms with Crippen LogP contribution >= 0.6 is 11.3 Å². The van der Waals surface area contributed by atoms with Crippen molar-refractivity contribution in [2.75, 3.05) is 31.5 Å². The number of hydrogen-bond donors (Lipinski definition) is 3. The summed E-state index contributed by atoms with van der Waals surface area (Å²) in [5, 5.41) is 9.23. The Hall–Kier alpha value is -2.28. The van der Waals surface area contributed by atoms with Crippen molar-refractivity contribution in [3.05, 3.63) is 63.6 Å². The number of carbonyl (C=O) groups excluding carboxylic acids is 1. The first-order chi connectivity index (χ1) is 13.2. The standard InChI is InChI=1S/C21H22FN3OS/c22-17-13-16(14-5-9-23-10-6-14)1-2-18(17)25-21(26)20-4-3-19(27-20)15-7-11-24-12-8-15/h1-5,7,13,23-24H,6,8-12H2,(H,25,26). The Kier molecular flexibility index (Phi) is 5.48. The molecule has 3 N–H and O–H groups in total. The van der Waals surface area contributed by atoms with Gasteiger partial charge in [-0.05, 0) is 66.9 Å². The van der Waals surface area contributed by atoms with Gasteiger partial charge >= 0.3 is 0 Å². The number of amides is 1. The molecule has 6 heteroatoms. The Balaban J connectivity index is 1.47. The maximum absolute atomic E-state index is 14.5. The zero-order valence-electron chi connectivity index (χ0n) is 15.0. The Morgan fingerprint density at radius 1 is 1.00 bits per heavy atom. The van der Waals surface area contributed by atoms with E-state index in [0.29, 0.717) is 4.88 Å². The molecular formula is C21H22FN3OS. The third-order valence-electron chi connectivity index (χ3n) is 4.86. The molecule has 0 fully saturated rings. The maximum atomic E-state index is 14.5.